The molecule has 2 aromatic rings. The second kappa shape index (κ2) is 5.81. The minimum atomic E-state index is -0.406. The normalized spacial score (nSPS) is 22.1. The highest BCUT2D eigenvalue weighted by molar-refractivity contribution is 6.16. The van der Waals surface area contributed by atoms with E-state index in [1.165, 1.54) is 13.2 Å². The van der Waals surface area contributed by atoms with Crippen LogP contribution in [-0.4, -0.2) is 29.9 Å². The Hall–Kier alpha value is -1.33. The molecule has 1 aromatic carbocycles. The van der Waals surface area contributed by atoms with E-state index in [4.69, 9.17) is 21.1 Å². The molecule has 1 saturated carbocycles. The monoisotopic (exact) mass is 312 g/mol. The van der Waals surface area contributed by atoms with Crippen molar-refractivity contribution in [3.63, 3.8) is 0 Å². The zero-order valence-corrected chi connectivity index (χ0v) is 12.9. The van der Waals surface area contributed by atoms with Gasteiger partial charge in [0.1, 0.15) is 5.82 Å². The standard InChI is InChI=1S/C15H18ClFN2O2/c1-20-10-4-3-9(5-10)19-13-7-14(21-2)11(17)6-12(13)18-15(19)8-16/h6-7,9-10H,3-5,8H2,1-2H3. The van der Waals surface area contributed by atoms with Crippen molar-refractivity contribution in [1.29, 1.82) is 0 Å². The Labute approximate surface area is 127 Å². The molecule has 1 aliphatic carbocycles. The van der Waals surface area contributed by atoms with E-state index in [-0.39, 0.29) is 17.9 Å². The van der Waals surface area contributed by atoms with E-state index < -0.39 is 5.82 Å². The van der Waals surface area contributed by atoms with Crippen LogP contribution in [0.5, 0.6) is 5.75 Å². The molecule has 2 atom stereocenters. The number of nitrogens with zero attached hydrogens (tertiary/aromatic N) is 2. The Kier molecular flexibility index (Phi) is 4.04. The third-order valence-electron chi connectivity index (χ3n) is 4.21. The maximum Gasteiger partial charge on any atom is 0.167 e. The van der Waals surface area contributed by atoms with Crippen LogP contribution in [0.25, 0.3) is 11.0 Å². The fourth-order valence-corrected chi connectivity index (χ4v) is 3.36. The zero-order valence-electron chi connectivity index (χ0n) is 12.1. The van der Waals surface area contributed by atoms with E-state index in [9.17, 15) is 4.39 Å². The third-order valence-corrected chi connectivity index (χ3v) is 4.45. The number of imidazole rings is 1. The SMILES string of the molecule is COc1cc2c(cc1F)nc(CCl)n2C1CCC(OC)C1. The number of benzene rings is 1. The zero-order chi connectivity index (χ0) is 15.0. The lowest BCUT2D eigenvalue weighted by molar-refractivity contribution is 0.106. The fourth-order valence-electron chi connectivity index (χ4n) is 3.17. The number of aromatic nitrogens is 2. The van der Waals surface area contributed by atoms with Crippen molar-refractivity contribution in [2.45, 2.75) is 37.3 Å². The van der Waals surface area contributed by atoms with E-state index in [0.717, 1.165) is 30.6 Å². The van der Waals surface area contributed by atoms with Crippen molar-refractivity contribution in [2.24, 2.45) is 0 Å². The topological polar surface area (TPSA) is 36.3 Å². The Balaban J connectivity index is 2.11. The first-order valence-electron chi connectivity index (χ1n) is 7.01. The maximum absolute atomic E-state index is 13.8. The van der Waals surface area contributed by atoms with Gasteiger partial charge < -0.3 is 14.0 Å². The van der Waals surface area contributed by atoms with Gasteiger partial charge in [-0.3, -0.25) is 0 Å². The molecule has 0 aliphatic heterocycles. The molecule has 21 heavy (non-hydrogen) atoms. The first kappa shape index (κ1) is 14.6. The van der Waals surface area contributed by atoms with Gasteiger partial charge in [0.15, 0.2) is 11.6 Å². The van der Waals surface area contributed by atoms with Crippen molar-refractivity contribution in [2.75, 3.05) is 14.2 Å². The van der Waals surface area contributed by atoms with Crippen LogP contribution in [0.4, 0.5) is 4.39 Å². The van der Waals surface area contributed by atoms with Crippen LogP contribution in [0.1, 0.15) is 31.1 Å². The van der Waals surface area contributed by atoms with Crippen molar-refractivity contribution in [1.82, 2.24) is 9.55 Å². The number of fused-ring (bicyclic) bond motifs is 1. The largest absolute Gasteiger partial charge is 0.494 e. The van der Waals surface area contributed by atoms with E-state index in [0.29, 0.717) is 11.4 Å². The summed E-state index contributed by atoms with van der Waals surface area (Å²) < 4.78 is 26.5. The summed E-state index contributed by atoms with van der Waals surface area (Å²) in [6, 6.07) is 3.39. The van der Waals surface area contributed by atoms with Gasteiger partial charge in [-0.25, -0.2) is 9.37 Å². The molecule has 0 amide bonds. The molecular weight excluding hydrogens is 295 g/mol. The molecule has 0 spiro atoms. The molecule has 1 heterocycles. The lowest BCUT2D eigenvalue weighted by atomic mass is 10.2. The second-order valence-electron chi connectivity index (χ2n) is 5.33. The van der Waals surface area contributed by atoms with Gasteiger partial charge >= 0.3 is 0 Å². The summed E-state index contributed by atoms with van der Waals surface area (Å²) in [6.45, 7) is 0. The minimum absolute atomic E-state index is 0.228. The molecule has 3 rings (SSSR count). The molecule has 0 N–H and O–H groups in total. The van der Waals surface area contributed by atoms with Gasteiger partial charge in [-0.1, -0.05) is 0 Å². The number of alkyl halides is 1. The molecular formula is C15H18ClFN2O2. The first-order chi connectivity index (χ1) is 10.2. The smallest absolute Gasteiger partial charge is 0.167 e. The molecule has 0 bridgehead atoms. The third kappa shape index (κ3) is 2.49. The Morgan fingerprint density at radius 1 is 1.38 bits per heavy atom. The molecule has 1 aromatic heterocycles. The van der Waals surface area contributed by atoms with Crippen LogP contribution >= 0.6 is 11.6 Å². The Bertz CT molecular complexity index is 659. The van der Waals surface area contributed by atoms with Gasteiger partial charge in [-0.05, 0) is 19.3 Å². The number of methoxy groups -OCH3 is 2. The van der Waals surface area contributed by atoms with Crippen LogP contribution in [-0.2, 0) is 10.6 Å². The van der Waals surface area contributed by atoms with Crippen molar-refractivity contribution >= 4 is 22.6 Å². The number of hydrogen-bond acceptors (Lipinski definition) is 3. The van der Waals surface area contributed by atoms with Gasteiger partial charge in [0.05, 0.1) is 30.1 Å². The molecule has 0 saturated heterocycles. The van der Waals surface area contributed by atoms with Crippen molar-refractivity contribution in [3.05, 3.63) is 23.8 Å². The van der Waals surface area contributed by atoms with Crippen LogP contribution < -0.4 is 4.74 Å². The van der Waals surface area contributed by atoms with Gasteiger partial charge in [0.2, 0.25) is 0 Å². The maximum atomic E-state index is 13.8. The lowest BCUT2D eigenvalue weighted by Gasteiger charge is -2.16. The van der Waals surface area contributed by atoms with Gasteiger partial charge in [0, 0.05) is 25.3 Å². The predicted molar refractivity (Wildman–Crippen MR) is 79.5 cm³/mol. The van der Waals surface area contributed by atoms with Crippen LogP contribution in [0.2, 0.25) is 0 Å². The molecule has 4 nitrogen and oxygen atoms in total. The van der Waals surface area contributed by atoms with Gasteiger partial charge in [-0.15, -0.1) is 11.6 Å². The van der Waals surface area contributed by atoms with Crippen LogP contribution in [0.3, 0.4) is 0 Å². The van der Waals surface area contributed by atoms with Crippen molar-refractivity contribution < 1.29 is 13.9 Å². The van der Waals surface area contributed by atoms with Gasteiger partial charge in [0.25, 0.3) is 0 Å². The number of halogens is 2. The van der Waals surface area contributed by atoms with Gasteiger partial charge in [-0.2, -0.15) is 0 Å². The lowest BCUT2D eigenvalue weighted by Crippen LogP contribution is -2.11. The predicted octanol–water partition coefficient (Wildman–Crippen LogP) is 3.66. The van der Waals surface area contributed by atoms with E-state index in [1.807, 2.05) is 0 Å². The summed E-state index contributed by atoms with van der Waals surface area (Å²) in [4.78, 5) is 4.46. The molecule has 0 radical (unpaired) electrons. The molecule has 6 heteroatoms. The average molecular weight is 313 g/mol. The van der Waals surface area contributed by atoms with E-state index >= 15 is 0 Å². The molecule has 1 fully saturated rings. The summed E-state index contributed by atoms with van der Waals surface area (Å²) >= 11 is 6.03. The minimum Gasteiger partial charge on any atom is -0.494 e. The van der Waals surface area contributed by atoms with Crippen LogP contribution in [0.15, 0.2) is 12.1 Å². The highest BCUT2D eigenvalue weighted by atomic mass is 35.5. The first-order valence-corrected chi connectivity index (χ1v) is 7.54. The number of hydrogen-bond donors (Lipinski definition) is 0. The summed E-state index contributed by atoms with van der Waals surface area (Å²) in [5, 5.41) is 0. The van der Waals surface area contributed by atoms with Crippen LogP contribution in [0, 0.1) is 5.82 Å². The van der Waals surface area contributed by atoms with E-state index in [2.05, 4.69) is 9.55 Å². The Morgan fingerprint density at radius 3 is 2.81 bits per heavy atom. The fraction of sp³-hybridized carbons (Fsp3) is 0.533. The van der Waals surface area contributed by atoms with E-state index in [1.54, 1.807) is 13.2 Å². The molecule has 2 unspecified atom stereocenters. The molecule has 114 valence electrons. The summed E-state index contributed by atoms with van der Waals surface area (Å²) in [6.07, 6.45) is 3.21. The summed E-state index contributed by atoms with van der Waals surface area (Å²) in [5.41, 5.74) is 1.48. The Morgan fingerprint density at radius 2 is 2.19 bits per heavy atom. The van der Waals surface area contributed by atoms with Crippen molar-refractivity contribution in [3.8, 4) is 5.75 Å². The molecule has 1 aliphatic rings. The highest BCUT2D eigenvalue weighted by Crippen LogP contribution is 2.36. The quantitative estimate of drug-likeness (QED) is 0.808. The second-order valence-corrected chi connectivity index (χ2v) is 5.60. The highest BCUT2D eigenvalue weighted by Gasteiger charge is 2.29. The summed E-state index contributed by atoms with van der Waals surface area (Å²) in [5.74, 6) is 0.886. The summed E-state index contributed by atoms with van der Waals surface area (Å²) in [7, 11) is 3.20. The average Bonchev–Trinajstić information content (AvgIpc) is 3.09. The number of ether oxygens (including phenoxy) is 2. The number of rotatable bonds is 4.